The second kappa shape index (κ2) is 8.06. The lowest BCUT2D eigenvalue weighted by molar-refractivity contribution is 0.0773. The Labute approximate surface area is 168 Å². The molecule has 2 aromatic heterocycles. The van der Waals surface area contributed by atoms with Crippen LogP contribution in [0, 0.1) is 6.92 Å². The van der Waals surface area contributed by atoms with E-state index in [9.17, 15) is 4.79 Å². The number of benzene rings is 1. The number of aryl methyl sites for hydroxylation is 1. The van der Waals surface area contributed by atoms with Crippen LogP contribution in [0.2, 0.25) is 0 Å². The van der Waals surface area contributed by atoms with Crippen molar-refractivity contribution in [1.29, 1.82) is 0 Å². The van der Waals surface area contributed by atoms with E-state index in [1.165, 1.54) is 0 Å². The van der Waals surface area contributed by atoms with Crippen LogP contribution >= 0.6 is 11.8 Å². The second-order valence-electron chi connectivity index (χ2n) is 6.63. The number of ether oxygens (including phenoxy) is 1. The van der Waals surface area contributed by atoms with Crippen LogP contribution < -0.4 is 10.1 Å². The SMILES string of the molecule is COc1cccc(Nc2c(C(=O)N3CCSCC3)cnc3nc(C)ccc23)c1. The van der Waals surface area contributed by atoms with Crippen molar-refractivity contribution in [2.24, 2.45) is 0 Å². The molecule has 0 bridgehead atoms. The van der Waals surface area contributed by atoms with Crippen LogP contribution in [0.15, 0.2) is 42.6 Å². The van der Waals surface area contributed by atoms with Gasteiger partial charge in [0.15, 0.2) is 5.65 Å². The lowest BCUT2D eigenvalue weighted by atomic mass is 10.1. The number of nitrogens with zero attached hydrogens (tertiary/aromatic N) is 3. The van der Waals surface area contributed by atoms with Crippen molar-refractivity contribution in [2.75, 3.05) is 37.0 Å². The van der Waals surface area contributed by atoms with Crippen LogP contribution in [-0.2, 0) is 0 Å². The van der Waals surface area contributed by atoms with Gasteiger partial charge in [-0.05, 0) is 31.2 Å². The van der Waals surface area contributed by atoms with Gasteiger partial charge in [-0.2, -0.15) is 11.8 Å². The molecule has 28 heavy (non-hydrogen) atoms. The van der Waals surface area contributed by atoms with Crippen molar-refractivity contribution >= 4 is 40.1 Å². The molecule has 1 N–H and O–H groups in total. The monoisotopic (exact) mass is 394 g/mol. The Morgan fingerprint density at radius 3 is 2.82 bits per heavy atom. The number of carbonyl (C=O) groups is 1. The highest BCUT2D eigenvalue weighted by Crippen LogP contribution is 2.31. The number of methoxy groups -OCH3 is 1. The lowest BCUT2D eigenvalue weighted by Gasteiger charge is -2.27. The zero-order valence-corrected chi connectivity index (χ0v) is 16.8. The highest BCUT2D eigenvalue weighted by atomic mass is 32.2. The molecule has 0 atom stereocenters. The molecule has 1 amide bonds. The molecular formula is C21H22N4O2S. The van der Waals surface area contributed by atoms with Crippen molar-refractivity contribution in [1.82, 2.24) is 14.9 Å². The van der Waals surface area contributed by atoms with E-state index in [0.29, 0.717) is 11.2 Å². The van der Waals surface area contributed by atoms with Crippen molar-refractivity contribution in [2.45, 2.75) is 6.92 Å². The fourth-order valence-electron chi connectivity index (χ4n) is 3.25. The molecular weight excluding hydrogens is 372 g/mol. The average Bonchev–Trinajstić information content (AvgIpc) is 2.74. The standard InChI is InChI=1S/C21H22N4O2S/c1-14-6-7-17-19(24-15-4-3-5-16(12-15)27-2)18(13-22-20(17)23-14)21(26)25-8-10-28-11-9-25/h3-7,12-13H,8-11H2,1-2H3,(H,22,23,24). The summed E-state index contributed by atoms with van der Waals surface area (Å²) >= 11 is 1.88. The van der Waals surface area contributed by atoms with Crippen LogP contribution in [-0.4, -0.2) is 52.5 Å². The molecule has 1 aliphatic rings. The smallest absolute Gasteiger partial charge is 0.257 e. The predicted molar refractivity (Wildman–Crippen MR) is 114 cm³/mol. The molecule has 7 heteroatoms. The third-order valence-corrected chi connectivity index (χ3v) is 5.68. The van der Waals surface area contributed by atoms with Gasteiger partial charge >= 0.3 is 0 Å². The number of nitrogens with one attached hydrogen (secondary N) is 1. The van der Waals surface area contributed by atoms with Gasteiger partial charge in [-0.15, -0.1) is 0 Å². The maximum Gasteiger partial charge on any atom is 0.257 e. The third-order valence-electron chi connectivity index (χ3n) is 4.74. The van der Waals surface area contributed by atoms with Gasteiger partial charge in [0.05, 0.1) is 18.4 Å². The van der Waals surface area contributed by atoms with Crippen molar-refractivity contribution in [3.63, 3.8) is 0 Å². The summed E-state index contributed by atoms with van der Waals surface area (Å²) in [6.45, 7) is 3.44. The summed E-state index contributed by atoms with van der Waals surface area (Å²) < 4.78 is 5.33. The van der Waals surface area contributed by atoms with Crippen LogP contribution in [0.5, 0.6) is 5.75 Å². The van der Waals surface area contributed by atoms with Crippen molar-refractivity contribution in [3.05, 3.63) is 53.9 Å². The van der Waals surface area contributed by atoms with Crippen LogP contribution in [0.1, 0.15) is 16.1 Å². The average molecular weight is 395 g/mol. The molecule has 3 heterocycles. The number of amides is 1. The number of thioether (sulfide) groups is 1. The van der Waals surface area contributed by atoms with E-state index >= 15 is 0 Å². The summed E-state index contributed by atoms with van der Waals surface area (Å²) in [7, 11) is 1.64. The summed E-state index contributed by atoms with van der Waals surface area (Å²) in [5.41, 5.74) is 3.65. The number of carbonyl (C=O) groups excluding carboxylic acids is 1. The zero-order chi connectivity index (χ0) is 19.5. The summed E-state index contributed by atoms with van der Waals surface area (Å²) in [6, 6.07) is 11.6. The Morgan fingerprint density at radius 2 is 2.04 bits per heavy atom. The van der Waals surface area contributed by atoms with E-state index < -0.39 is 0 Å². The van der Waals surface area contributed by atoms with Crippen LogP contribution in [0.4, 0.5) is 11.4 Å². The molecule has 0 unspecified atom stereocenters. The van der Waals surface area contributed by atoms with Gasteiger partial charge in [-0.1, -0.05) is 6.07 Å². The fourth-order valence-corrected chi connectivity index (χ4v) is 4.15. The van der Waals surface area contributed by atoms with E-state index in [1.807, 2.05) is 60.0 Å². The first kappa shape index (κ1) is 18.6. The van der Waals surface area contributed by atoms with Gasteiger partial charge in [0.25, 0.3) is 5.91 Å². The molecule has 1 saturated heterocycles. The molecule has 0 aliphatic carbocycles. The lowest BCUT2D eigenvalue weighted by Crippen LogP contribution is -2.38. The maximum absolute atomic E-state index is 13.2. The molecule has 1 fully saturated rings. The first-order valence-electron chi connectivity index (χ1n) is 9.20. The van der Waals surface area contributed by atoms with Crippen LogP contribution in [0.25, 0.3) is 11.0 Å². The molecule has 3 aromatic rings. The van der Waals surface area contributed by atoms with E-state index in [0.717, 1.165) is 52.8 Å². The zero-order valence-electron chi connectivity index (χ0n) is 15.9. The van der Waals surface area contributed by atoms with Crippen LogP contribution in [0.3, 0.4) is 0 Å². The Morgan fingerprint density at radius 1 is 1.21 bits per heavy atom. The molecule has 0 radical (unpaired) electrons. The number of fused-ring (bicyclic) bond motifs is 1. The van der Waals surface area contributed by atoms with Gasteiger partial charge < -0.3 is 15.0 Å². The normalized spacial score (nSPS) is 14.1. The Balaban J connectivity index is 1.80. The molecule has 0 spiro atoms. The highest BCUT2D eigenvalue weighted by molar-refractivity contribution is 7.99. The minimum atomic E-state index is 0.000621. The predicted octanol–water partition coefficient (Wildman–Crippen LogP) is 3.88. The summed E-state index contributed by atoms with van der Waals surface area (Å²) in [6.07, 6.45) is 1.64. The number of pyridine rings is 2. The van der Waals surface area contributed by atoms with Crippen molar-refractivity contribution < 1.29 is 9.53 Å². The molecule has 1 aliphatic heterocycles. The van der Waals surface area contributed by atoms with Gasteiger partial charge in [-0.3, -0.25) is 4.79 Å². The summed E-state index contributed by atoms with van der Waals surface area (Å²) in [5, 5.41) is 4.24. The van der Waals surface area contributed by atoms with E-state index in [-0.39, 0.29) is 5.91 Å². The summed E-state index contributed by atoms with van der Waals surface area (Å²) in [4.78, 5) is 24.1. The topological polar surface area (TPSA) is 67.3 Å². The maximum atomic E-state index is 13.2. The molecule has 144 valence electrons. The minimum absolute atomic E-state index is 0.000621. The Bertz CT molecular complexity index is 1020. The van der Waals surface area contributed by atoms with Gasteiger partial charge in [-0.25, -0.2) is 9.97 Å². The van der Waals surface area contributed by atoms with Gasteiger partial charge in [0.1, 0.15) is 5.75 Å². The van der Waals surface area contributed by atoms with Gasteiger partial charge in [0, 0.05) is 53.6 Å². The van der Waals surface area contributed by atoms with E-state index in [2.05, 4.69) is 15.3 Å². The molecule has 4 rings (SSSR count). The largest absolute Gasteiger partial charge is 0.497 e. The number of rotatable bonds is 4. The summed E-state index contributed by atoms with van der Waals surface area (Å²) in [5.74, 6) is 2.68. The second-order valence-corrected chi connectivity index (χ2v) is 7.86. The molecule has 1 aromatic carbocycles. The van der Waals surface area contributed by atoms with E-state index in [4.69, 9.17) is 4.74 Å². The Kier molecular flexibility index (Phi) is 5.34. The van der Waals surface area contributed by atoms with E-state index in [1.54, 1.807) is 13.3 Å². The fraction of sp³-hybridized carbons (Fsp3) is 0.286. The van der Waals surface area contributed by atoms with Crippen molar-refractivity contribution in [3.8, 4) is 5.75 Å². The quantitative estimate of drug-likeness (QED) is 0.724. The number of anilines is 2. The number of aromatic nitrogens is 2. The molecule has 6 nitrogen and oxygen atoms in total. The Hall–Kier alpha value is -2.80. The first-order chi connectivity index (χ1) is 13.7. The third kappa shape index (κ3) is 3.75. The first-order valence-corrected chi connectivity index (χ1v) is 10.4. The highest BCUT2D eigenvalue weighted by Gasteiger charge is 2.23. The molecule has 0 saturated carbocycles. The number of hydrogen-bond donors (Lipinski definition) is 1. The number of hydrogen-bond acceptors (Lipinski definition) is 6. The minimum Gasteiger partial charge on any atom is -0.497 e. The van der Waals surface area contributed by atoms with Gasteiger partial charge in [0.2, 0.25) is 0 Å².